The van der Waals surface area contributed by atoms with Crippen LogP contribution in [-0.2, 0) is 14.3 Å². The maximum absolute atomic E-state index is 12.0. The normalized spacial score (nSPS) is 36.8. The Kier molecular flexibility index (Phi) is 6.16. The van der Waals surface area contributed by atoms with Crippen LogP contribution in [0.25, 0.3) is 0 Å². The Morgan fingerprint density at radius 3 is 2.67 bits per heavy atom. The fourth-order valence-corrected chi connectivity index (χ4v) is 3.54. The first-order valence-corrected chi connectivity index (χ1v) is 8.70. The summed E-state index contributed by atoms with van der Waals surface area (Å²) >= 11 is 0. The summed E-state index contributed by atoms with van der Waals surface area (Å²) in [5.41, 5.74) is 2.81. The highest BCUT2D eigenvalue weighted by Crippen LogP contribution is 2.35. The molecule has 0 spiro atoms. The fraction of sp³-hybridized carbons (Fsp3) is 0.600. The number of allylic oxidation sites excluding steroid dienone is 3. The number of hydrogen-bond acceptors (Lipinski definition) is 4. The summed E-state index contributed by atoms with van der Waals surface area (Å²) < 4.78 is 5.42. The van der Waals surface area contributed by atoms with Crippen molar-refractivity contribution in [3.8, 4) is 0 Å². The molecule has 0 saturated carbocycles. The third kappa shape index (κ3) is 4.44. The predicted octanol–water partition coefficient (Wildman–Crippen LogP) is 3.51. The highest BCUT2D eigenvalue weighted by Gasteiger charge is 2.40. The van der Waals surface area contributed by atoms with Crippen molar-refractivity contribution in [3.05, 3.63) is 35.5 Å². The van der Waals surface area contributed by atoms with Crippen LogP contribution in [0.2, 0.25) is 0 Å². The van der Waals surface area contributed by atoms with E-state index in [-0.39, 0.29) is 11.7 Å². The highest BCUT2D eigenvalue weighted by molar-refractivity contribution is 5.91. The lowest BCUT2D eigenvalue weighted by Gasteiger charge is -2.24. The topological polar surface area (TPSA) is 63.6 Å². The van der Waals surface area contributed by atoms with Crippen molar-refractivity contribution in [2.75, 3.05) is 0 Å². The molecule has 1 aliphatic heterocycles. The van der Waals surface area contributed by atoms with Crippen molar-refractivity contribution in [2.24, 2.45) is 11.8 Å². The second kappa shape index (κ2) is 7.93. The Hall–Kier alpha value is -1.68. The number of Topliss-reactive ketones (excluding diaryl/α,β-unsaturated/α-hetero) is 1. The molecule has 24 heavy (non-hydrogen) atoms. The van der Waals surface area contributed by atoms with Gasteiger partial charge in [-0.05, 0) is 59.0 Å². The van der Waals surface area contributed by atoms with Gasteiger partial charge in [0, 0.05) is 17.4 Å². The van der Waals surface area contributed by atoms with Crippen molar-refractivity contribution >= 4 is 11.8 Å². The second-order valence-corrected chi connectivity index (χ2v) is 7.16. The molecule has 2 rings (SSSR count). The van der Waals surface area contributed by atoms with Crippen LogP contribution in [0, 0.1) is 11.8 Å². The first kappa shape index (κ1) is 18.7. The van der Waals surface area contributed by atoms with Gasteiger partial charge >= 0.3 is 5.97 Å². The number of carbonyl (C=O) groups excluding carboxylic acids is 2. The van der Waals surface area contributed by atoms with Crippen molar-refractivity contribution in [2.45, 2.75) is 65.1 Å². The number of esters is 1. The van der Waals surface area contributed by atoms with Gasteiger partial charge in [0.2, 0.25) is 0 Å². The molecule has 0 bridgehead atoms. The molecule has 0 unspecified atom stereocenters. The van der Waals surface area contributed by atoms with E-state index < -0.39 is 24.1 Å². The van der Waals surface area contributed by atoms with Gasteiger partial charge in [0.1, 0.15) is 11.9 Å². The molecule has 0 aromatic carbocycles. The molecule has 132 valence electrons. The smallest absolute Gasteiger partial charge is 0.334 e. The molecular weight excluding hydrogens is 304 g/mol. The van der Waals surface area contributed by atoms with Crippen molar-refractivity contribution in [1.29, 1.82) is 0 Å². The molecule has 1 N–H and O–H groups in total. The van der Waals surface area contributed by atoms with E-state index in [1.54, 1.807) is 0 Å². The first-order chi connectivity index (χ1) is 11.3. The Morgan fingerprint density at radius 1 is 1.29 bits per heavy atom. The summed E-state index contributed by atoms with van der Waals surface area (Å²) in [7, 11) is 0. The van der Waals surface area contributed by atoms with E-state index in [1.165, 1.54) is 12.5 Å². The third-order valence-electron chi connectivity index (χ3n) is 5.16. The van der Waals surface area contributed by atoms with Gasteiger partial charge in [-0.3, -0.25) is 4.79 Å². The molecule has 1 heterocycles. The lowest BCUT2D eigenvalue weighted by Crippen LogP contribution is -2.31. The number of ether oxygens (including phenoxy) is 1. The molecule has 2 aliphatic rings. The van der Waals surface area contributed by atoms with Crippen LogP contribution >= 0.6 is 0 Å². The van der Waals surface area contributed by atoms with Crippen molar-refractivity contribution < 1.29 is 19.4 Å². The molecule has 0 radical (unpaired) electrons. The van der Waals surface area contributed by atoms with Crippen LogP contribution in [0.3, 0.4) is 0 Å². The molecule has 4 heteroatoms. The van der Waals surface area contributed by atoms with E-state index in [0.717, 1.165) is 24.8 Å². The number of carbonyl (C=O) groups is 2. The monoisotopic (exact) mass is 332 g/mol. The minimum absolute atomic E-state index is 0.00991. The van der Waals surface area contributed by atoms with Crippen LogP contribution < -0.4 is 0 Å². The van der Waals surface area contributed by atoms with E-state index in [0.29, 0.717) is 18.4 Å². The average Bonchev–Trinajstić information content (AvgIpc) is 2.74. The molecule has 4 atom stereocenters. The van der Waals surface area contributed by atoms with E-state index in [9.17, 15) is 14.7 Å². The Balaban J connectivity index is 2.30. The number of hydrogen-bond donors (Lipinski definition) is 1. The fourth-order valence-electron chi connectivity index (χ4n) is 3.54. The Labute approximate surface area is 144 Å². The van der Waals surface area contributed by atoms with Crippen LogP contribution in [-0.4, -0.2) is 29.1 Å². The molecule has 0 aromatic heterocycles. The van der Waals surface area contributed by atoms with Crippen LogP contribution in [0.5, 0.6) is 0 Å². The summed E-state index contributed by atoms with van der Waals surface area (Å²) in [6.45, 7) is 9.46. The van der Waals surface area contributed by atoms with E-state index in [2.05, 4.69) is 19.6 Å². The Bertz CT molecular complexity index is 584. The van der Waals surface area contributed by atoms with Crippen LogP contribution in [0.15, 0.2) is 35.5 Å². The average molecular weight is 332 g/mol. The summed E-state index contributed by atoms with van der Waals surface area (Å²) in [5.74, 6) is -1.09. The van der Waals surface area contributed by atoms with Gasteiger partial charge in [0.05, 0.1) is 6.10 Å². The lowest BCUT2D eigenvalue weighted by molar-refractivity contribution is -0.137. The van der Waals surface area contributed by atoms with E-state index >= 15 is 0 Å². The SMILES string of the molecule is C=C1C(=O)O[C@@H]2/C=C(\C)CC/C=C(\C)CC[C@@H](C(C)=O)[C@@H](O)C[C@H]12. The summed E-state index contributed by atoms with van der Waals surface area (Å²) in [6.07, 6.45) is 6.57. The quantitative estimate of drug-likeness (QED) is 0.453. The maximum Gasteiger partial charge on any atom is 0.334 e. The zero-order valence-electron chi connectivity index (χ0n) is 14.9. The highest BCUT2D eigenvalue weighted by atomic mass is 16.6. The minimum atomic E-state index is -0.788. The van der Waals surface area contributed by atoms with Crippen molar-refractivity contribution in [3.63, 3.8) is 0 Å². The van der Waals surface area contributed by atoms with Crippen LogP contribution in [0.4, 0.5) is 0 Å². The predicted molar refractivity (Wildman–Crippen MR) is 93.3 cm³/mol. The van der Waals surface area contributed by atoms with Gasteiger partial charge in [0.15, 0.2) is 0 Å². The van der Waals surface area contributed by atoms with Gasteiger partial charge in [0.25, 0.3) is 0 Å². The minimum Gasteiger partial charge on any atom is -0.454 e. The number of ketones is 1. The zero-order valence-corrected chi connectivity index (χ0v) is 14.9. The number of fused-ring (bicyclic) bond motifs is 1. The van der Waals surface area contributed by atoms with E-state index in [4.69, 9.17) is 4.74 Å². The molecule has 4 nitrogen and oxygen atoms in total. The number of aliphatic hydroxyl groups is 1. The molecule has 0 aromatic rings. The first-order valence-electron chi connectivity index (χ1n) is 8.70. The molecule has 1 saturated heterocycles. The van der Waals surface area contributed by atoms with E-state index in [1.807, 2.05) is 13.0 Å². The zero-order chi connectivity index (χ0) is 17.9. The summed E-state index contributed by atoms with van der Waals surface area (Å²) in [4.78, 5) is 23.9. The molecular formula is C20H28O4. The van der Waals surface area contributed by atoms with Gasteiger partial charge in [-0.15, -0.1) is 0 Å². The maximum atomic E-state index is 12.0. The Morgan fingerprint density at radius 2 is 2.00 bits per heavy atom. The molecule has 0 amide bonds. The summed E-state index contributed by atoms with van der Waals surface area (Å²) in [5, 5.41) is 10.6. The van der Waals surface area contributed by atoms with Gasteiger partial charge in [-0.1, -0.05) is 23.8 Å². The number of aliphatic hydroxyl groups excluding tert-OH is 1. The summed E-state index contributed by atoms with van der Waals surface area (Å²) in [6, 6.07) is 0. The van der Waals surface area contributed by atoms with Gasteiger partial charge in [-0.2, -0.15) is 0 Å². The van der Waals surface area contributed by atoms with Gasteiger partial charge < -0.3 is 9.84 Å². The largest absolute Gasteiger partial charge is 0.454 e. The van der Waals surface area contributed by atoms with Crippen LogP contribution in [0.1, 0.15) is 52.9 Å². The standard InChI is InChI=1S/C20H28O4/c1-12-6-5-7-13(2)10-19-17(14(3)20(23)24-19)11-18(22)16(9-8-12)15(4)21/h6,10,16-19,22H,3,5,7-9,11H2,1-2,4H3/b12-6+,13-10+/t16-,17+,18-,19+/m0/s1. The van der Waals surface area contributed by atoms with Gasteiger partial charge in [-0.25, -0.2) is 4.79 Å². The van der Waals surface area contributed by atoms with Crippen molar-refractivity contribution in [1.82, 2.24) is 0 Å². The molecule has 1 aliphatic carbocycles. The third-order valence-corrected chi connectivity index (χ3v) is 5.16. The second-order valence-electron chi connectivity index (χ2n) is 7.16. The number of rotatable bonds is 1. The lowest BCUT2D eigenvalue weighted by atomic mass is 9.82. The molecule has 1 fully saturated rings.